The summed E-state index contributed by atoms with van der Waals surface area (Å²) in [6.07, 6.45) is 0.958. The molecule has 0 aliphatic carbocycles. The average Bonchev–Trinajstić information content (AvgIpc) is 3.03. The number of carbonyl (C=O) groups is 2. The molecule has 0 aliphatic heterocycles. The van der Waals surface area contributed by atoms with Gasteiger partial charge in [-0.2, -0.15) is 0 Å². The second kappa shape index (κ2) is 15.0. The molecule has 1 unspecified atom stereocenters. The molecular formula is C35H38ClN3O4S. The molecule has 0 bridgehead atoms. The zero-order valence-corrected chi connectivity index (χ0v) is 26.8. The number of nitrogens with zero attached hydrogens (tertiary/aromatic N) is 2. The molecule has 44 heavy (non-hydrogen) atoms. The van der Waals surface area contributed by atoms with E-state index in [4.69, 9.17) is 11.6 Å². The van der Waals surface area contributed by atoms with Crippen molar-refractivity contribution in [3.63, 3.8) is 0 Å². The van der Waals surface area contributed by atoms with Crippen LogP contribution in [0.3, 0.4) is 0 Å². The quantitative estimate of drug-likeness (QED) is 0.187. The van der Waals surface area contributed by atoms with Crippen molar-refractivity contribution < 1.29 is 18.0 Å². The van der Waals surface area contributed by atoms with Crippen LogP contribution in [0, 0.1) is 13.8 Å². The molecule has 2 amide bonds. The van der Waals surface area contributed by atoms with Gasteiger partial charge < -0.3 is 10.2 Å². The van der Waals surface area contributed by atoms with Crippen molar-refractivity contribution in [2.75, 3.05) is 17.4 Å². The predicted octanol–water partition coefficient (Wildman–Crippen LogP) is 6.32. The molecule has 7 nitrogen and oxygen atoms in total. The van der Waals surface area contributed by atoms with Crippen LogP contribution >= 0.6 is 11.6 Å². The first-order valence-electron chi connectivity index (χ1n) is 14.6. The Balaban J connectivity index is 1.83. The van der Waals surface area contributed by atoms with E-state index in [1.807, 2.05) is 69.3 Å². The first kappa shape index (κ1) is 32.8. The number of sulfonamides is 1. The predicted molar refractivity (Wildman–Crippen MR) is 176 cm³/mol. The van der Waals surface area contributed by atoms with Gasteiger partial charge >= 0.3 is 0 Å². The number of rotatable bonds is 13. The van der Waals surface area contributed by atoms with Crippen molar-refractivity contribution in [1.29, 1.82) is 0 Å². The van der Waals surface area contributed by atoms with E-state index in [1.165, 1.54) is 17.0 Å². The van der Waals surface area contributed by atoms with Gasteiger partial charge in [0, 0.05) is 24.5 Å². The summed E-state index contributed by atoms with van der Waals surface area (Å²) < 4.78 is 29.5. The maximum Gasteiger partial charge on any atom is 0.264 e. The number of benzene rings is 4. The average molecular weight is 632 g/mol. The maximum absolute atomic E-state index is 14.5. The molecule has 4 aromatic carbocycles. The van der Waals surface area contributed by atoms with Crippen LogP contribution in [0.25, 0.3) is 0 Å². The lowest BCUT2D eigenvalue weighted by molar-refractivity contribution is -0.140. The van der Waals surface area contributed by atoms with E-state index < -0.39 is 28.5 Å². The Hall–Kier alpha value is -4.14. The third kappa shape index (κ3) is 8.07. The van der Waals surface area contributed by atoms with Crippen LogP contribution in [-0.4, -0.2) is 44.3 Å². The summed E-state index contributed by atoms with van der Waals surface area (Å²) in [5, 5.41) is 3.39. The van der Waals surface area contributed by atoms with E-state index in [-0.39, 0.29) is 23.8 Å². The Morgan fingerprint density at radius 1 is 0.864 bits per heavy atom. The lowest BCUT2D eigenvalue weighted by Gasteiger charge is -2.34. The van der Waals surface area contributed by atoms with Gasteiger partial charge in [0.1, 0.15) is 12.6 Å². The third-order valence-corrected chi connectivity index (χ3v) is 9.50. The van der Waals surface area contributed by atoms with Crippen LogP contribution in [0.2, 0.25) is 5.02 Å². The minimum absolute atomic E-state index is 0.0155. The molecule has 0 aromatic heterocycles. The fourth-order valence-corrected chi connectivity index (χ4v) is 6.64. The highest BCUT2D eigenvalue weighted by Crippen LogP contribution is 2.29. The van der Waals surface area contributed by atoms with E-state index in [9.17, 15) is 18.0 Å². The summed E-state index contributed by atoms with van der Waals surface area (Å²) >= 11 is 6.55. The molecule has 0 spiro atoms. The van der Waals surface area contributed by atoms with Crippen molar-refractivity contribution in [2.45, 2.75) is 51.1 Å². The van der Waals surface area contributed by atoms with Crippen LogP contribution in [0.4, 0.5) is 5.69 Å². The Bertz CT molecular complexity index is 1680. The number of hydrogen-bond donors (Lipinski definition) is 1. The molecule has 9 heteroatoms. The van der Waals surface area contributed by atoms with Crippen LogP contribution in [0.5, 0.6) is 0 Å². The van der Waals surface area contributed by atoms with E-state index in [0.29, 0.717) is 28.4 Å². The molecule has 1 atom stereocenters. The fourth-order valence-electron chi connectivity index (χ4n) is 4.95. The van der Waals surface area contributed by atoms with Gasteiger partial charge in [-0.3, -0.25) is 13.9 Å². The summed E-state index contributed by atoms with van der Waals surface area (Å²) in [4.78, 5) is 29.8. The van der Waals surface area contributed by atoms with Gasteiger partial charge in [0.15, 0.2) is 0 Å². The topological polar surface area (TPSA) is 86.8 Å². The standard InChI is InChI=1S/C35H38ClN3O4S/c1-4-21-37-35(41)33(23-28-13-7-5-8-14-28)38(24-29-15-11-12-18-31(29)36)34(40)25-39(32-22-26(2)19-20-27(32)3)44(42,43)30-16-9-6-10-17-30/h5-20,22,33H,4,21,23-25H2,1-3H3,(H,37,41). The maximum atomic E-state index is 14.5. The van der Waals surface area contributed by atoms with Crippen molar-refractivity contribution in [2.24, 2.45) is 0 Å². The van der Waals surface area contributed by atoms with Gasteiger partial charge in [-0.15, -0.1) is 0 Å². The highest BCUT2D eigenvalue weighted by Gasteiger charge is 2.35. The number of nitrogens with one attached hydrogen (secondary N) is 1. The molecule has 1 N–H and O–H groups in total. The normalized spacial score (nSPS) is 11.9. The van der Waals surface area contributed by atoms with Gasteiger partial charge in [0.2, 0.25) is 11.8 Å². The number of anilines is 1. The highest BCUT2D eigenvalue weighted by atomic mass is 35.5. The molecule has 0 fully saturated rings. The molecule has 0 saturated carbocycles. The summed E-state index contributed by atoms with van der Waals surface area (Å²) in [6, 6.07) is 29.2. The van der Waals surface area contributed by atoms with E-state index >= 15 is 0 Å². The largest absolute Gasteiger partial charge is 0.354 e. The number of halogens is 1. The molecule has 0 heterocycles. The minimum atomic E-state index is -4.16. The Morgan fingerprint density at radius 3 is 2.16 bits per heavy atom. The van der Waals surface area contributed by atoms with Gasteiger partial charge in [-0.25, -0.2) is 8.42 Å². The summed E-state index contributed by atoms with van der Waals surface area (Å²) in [6.45, 7) is 5.57. The smallest absolute Gasteiger partial charge is 0.264 e. The number of carbonyl (C=O) groups excluding carboxylic acids is 2. The first-order chi connectivity index (χ1) is 21.1. The van der Waals surface area contributed by atoms with Crippen molar-refractivity contribution in [3.8, 4) is 0 Å². The van der Waals surface area contributed by atoms with Gasteiger partial charge in [0.05, 0.1) is 10.6 Å². The molecule has 0 saturated heterocycles. The Morgan fingerprint density at radius 2 is 1.50 bits per heavy atom. The Kier molecular flexibility index (Phi) is 11.2. The van der Waals surface area contributed by atoms with Gasteiger partial charge in [-0.1, -0.05) is 97.4 Å². The van der Waals surface area contributed by atoms with Crippen LogP contribution in [0.15, 0.2) is 108 Å². The SMILES string of the molecule is CCCNC(=O)C(Cc1ccccc1)N(Cc1ccccc1Cl)C(=O)CN(c1cc(C)ccc1C)S(=O)(=O)c1ccccc1. The molecule has 4 aromatic rings. The molecular weight excluding hydrogens is 594 g/mol. The van der Waals surface area contributed by atoms with Crippen LogP contribution in [0.1, 0.15) is 35.6 Å². The summed E-state index contributed by atoms with van der Waals surface area (Å²) in [5.41, 5.74) is 3.45. The Labute approximate surface area is 265 Å². The summed E-state index contributed by atoms with van der Waals surface area (Å²) in [7, 11) is -4.16. The molecule has 4 rings (SSSR count). The zero-order chi connectivity index (χ0) is 31.7. The van der Waals surface area contributed by atoms with Crippen LogP contribution in [-0.2, 0) is 32.6 Å². The zero-order valence-electron chi connectivity index (χ0n) is 25.2. The number of hydrogen-bond acceptors (Lipinski definition) is 4. The van der Waals surface area contributed by atoms with Gasteiger partial charge in [0.25, 0.3) is 10.0 Å². The third-order valence-electron chi connectivity index (χ3n) is 7.36. The minimum Gasteiger partial charge on any atom is -0.354 e. The molecule has 230 valence electrons. The second-order valence-corrected chi connectivity index (χ2v) is 13.0. The highest BCUT2D eigenvalue weighted by molar-refractivity contribution is 7.92. The number of amides is 2. The summed E-state index contributed by atoms with van der Waals surface area (Å²) in [5.74, 6) is -0.849. The molecule has 0 radical (unpaired) electrons. The first-order valence-corrected chi connectivity index (χ1v) is 16.4. The monoisotopic (exact) mass is 631 g/mol. The molecule has 0 aliphatic rings. The second-order valence-electron chi connectivity index (χ2n) is 10.7. The van der Waals surface area contributed by atoms with E-state index in [1.54, 1.807) is 42.5 Å². The number of aryl methyl sites for hydroxylation is 2. The van der Waals surface area contributed by atoms with Crippen molar-refractivity contribution in [3.05, 3.63) is 130 Å². The van der Waals surface area contributed by atoms with Gasteiger partial charge in [-0.05, 0) is 66.8 Å². The fraction of sp³-hybridized carbons (Fsp3) is 0.257. The van der Waals surface area contributed by atoms with E-state index in [2.05, 4.69) is 5.32 Å². The van der Waals surface area contributed by atoms with Crippen molar-refractivity contribution in [1.82, 2.24) is 10.2 Å². The lowest BCUT2D eigenvalue weighted by Crippen LogP contribution is -2.53. The van der Waals surface area contributed by atoms with E-state index in [0.717, 1.165) is 21.9 Å². The lowest BCUT2D eigenvalue weighted by atomic mass is 10.0. The van der Waals surface area contributed by atoms with Crippen molar-refractivity contribution >= 4 is 39.1 Å². The van der Waals surface area contributed by atoms with Crippen LogP contribution < -0.4 is 9.62 Å².